The molecule has 24 heavy (non-hydrogen) atoms. The molecule has 0 radical (unpaired) electrons. The van der Waals surface area contributed by atoms with Gasteiger partial charge in [0, 0.05) is 31.1 Å². The van der Waals surface area contributed by atoms with Gasteiger partial charge in [-0.25, -0.2) is 4.98 Å². The number of aliphatic hydroxyl groups is 1. The number of hydrogen-bond acceptors (Lipinski definition) is 5. The zero-order chi connectivity index (χ0) is 16.9. The minimum absolute atomic E-state index is 0.0469. The molecule has 2 aromatic rings. The topological polar surface area (TPSA) is 66.3 Å². The van der Waals surface area contributed by atoms with Crippen molar-refractivity contribution >= 4 is 17.2 Å². The molecular formula is C18H23N3O2S. The Hall–Kier alpha value is -1.79. The average molecular weight is 345 g/mol. The third-order valence-corrected chi connectivity index (χ3v) is 5.48. The standard InChI is InChI=1S/C18H23N3O2S/c1-21(11-13-6-2-3-8-16(13)22)17(23)10-14-12-24-18(20-14)15-7-4-5-9-19-15/h4-5,7,9,12-13,16,22H,2-3,6,8,10-11H2,1H3. The van der Waals surface area contributed by atoms with E-state index in [4.69, 9.17) is 0 Å². The van der Waals surface area contributed by atoms with Crippen molar-refractivity contribution in [1.29, 1.82) is 0 Å². The summed E-state index contributed by atoms with van der Waals surface area (Å²) in [5.74, 6) is 0.248. The van der Waals surface area contributed by atoms with Gasteiger partial charge in [-0.3, -0.25) is 9.78 Å². The number of nitrogens with zero attached hydrogens (tertiary/aromatic N) is 3. The maximum atomic E-state index is 12.4. The van der Waals surface area contributed by atoms with Crippen LogP contribution >= 0.6 is 11.3 Å². The fourth-order valence-corrected chi connectivity index (χ4v) is 3.93. The van der Waals surface area contributed by atoms with Gasteiger partial charge in [0.2, 0.25) is 5.91 Å². The van der Waals surface area contributed by atoms with Crippen LogP contribution in [0.5, 0.6) is 0 Å². The van der Waals surface area contributed by atoms with E-state index in [0.717, 1.165) is 42.1 Å². The SMILES string of the molecule is CN(CC1CCCCC1O)C(=O)Cc1csc(-c2ccccn2)n1. The summed E-state index contributed by atoms with van der Waals surface area (Å²) in [6.07, 6.45) is 5.84. The number of pyridine rings is 1. The molecule has 5 nitrogen and oxygen atoms in total. The summed E-state index contributed by atoms with van der Waals surface area (Å²) in [5.41, 5.74) is 1.61. The molecule has 0 aliphatic heterocycles. The normalized spacial score (nSPS) is 20.8. The van der Waals surface area contributed by atoms with E-state index in [-0.39, 0.29) is 17.9 Å². The van der Waals surface area contributed by atoms with E-state index in [2.05, 4.69) is 9.97 Å². The van der Waals surface area contributed by atoms with Crippen LogP contribution in [0, 0.1) is 5.92 Å². The quantitative estimate of drug-likeness (QED) is 0.905. The number of carbonyl (C=O) groups is 1. The summed E-state index contributed by atoms with van der Waals surface area (Å²) in [6.45, 7) is 0.622. The van der Waals surface area contributed by atoms with Gasteiger partial charge in [-0.15, -0.1) is 11.3 Å². The molecule has 2 heterocycles. The van der Waals surface area contributed by atoms with Crippen LogP contribution in [0.4, 0.5) is 0 Å². The molecule has 3 rings (SSSR count). The van der Waals surface area contributed by atoms with Crippen LogP contribution in [0.2, 0.25) is 0 Å². The van der Waals surface area contributed by atoms with Crippen LogP contribution < -0.4 is 0 Å². The highest BCUT2D eigenvalue weighted by Gasteiger charge is 2.25. The lowest BCUT2D eigenvalue weighted by molar-refractivity contribution is -0.130. The average Bonchev–Trinajstić information content (AvgIpc) is 3.06. The molecule has 0 spiro atoms. The zero-order valence-corrected chi connectivity index (χ0v) is 14.7. The Morgan fingerprint density at radius 3 is 2.96 bits per heavy atom. The van der Waals surface area contributed by atoms with E-state index >= 15 is 0 Å². The van der Waals surface area contributed by atoms with Gasteiger partial charge in [-0.2, -0.15) is 0 Å². The third-order valence-electron chi connectivity index (χ3n) is 4.57. The predicted octanol–water partition coefficient (Wildman–Crippen LogP) is 2.76. The molecule has 1 amide bonds. The minimum Gasteiger partial charge on any atom is -0.393 e. The molecule has 2 aromatic heterocycles. The molecule has 6 heteroatoms. The summed E-state index contributed by atoms with van der Waals surface area (Å²) in [5, 5.41) is 12.8. The van der Waals surface area contributed by atoms with E-state index < -0.39 is 0 Å². The van der Waals surface area contributed by atoms with Crippen molar-refractivity contribution in [3.05, 3.63) is 35.5 Å². The Bertz CT molecular complexity index is 674. The van der Waals surface area contributed by atoms with Crippen LogP contribution in [0.3, 0.4) is 0 Å². The molecule has 0 bridgehead atoms. The largest absolute Gasteiger partial charge is 0.393 e. The Morgan fingerprint density at radius 1 is 1.38 bits per heavy atom. The van der Waals surface area contributed by atoms with Crippen LogP contribution in [0.1, 0.15) is 31.4 Å². The first-order valence-electron chi connectivity index (χ1n) is 8.41. The second-order valence-corrected chi connectivity index (χ2v) is 7.28. The Morgan fingerprint density at radius 2 is 2.21 bits per heavy atom. The van der Waals surface area contributed by atoms with Crippen LogP contribution in [0.15, 0.2) is 29.8 Å². The molecule has 0 saturated heterocycles. The number of likely N-dealkylation sites (N-methyl/N-ethyl adjacent to an activating group) is 1. The molecular weight excluding hydrogens is 322 g/mol. The number of aromatic nitrogens is 2. The van der Waals surface area contributed by atoms with E-state index in [1.165, 1.54) is 11.3 Å². The molecule has 2 atom stereocenters. The van der Waals surface area contributed by atoms with Gasteiger partial charge in [0.25, 0.3) is 0 Å². The van der Waals surface area contributed by atoms with E-state index in [1.54, 1.807) is 11.1 Å². The van der Waals surface area contributed by atoms with Gasteiger partial charge >= 0.3 is 0 Å². The second-order valence-electron chi connectivity index (χ2n) is 6.42. The van der Waals surface area contributed by atoms with Crippen molar-refractivity contribution in [2.45, 2.75) is 38.2 Å². The van der Waals surface area contributed by atoms with Gasteiger partial charge in [0.15, 0.2) is 0 Å². The highest BCUT2D eigenvalue weighted by atomic mass is 32.1. The Balaban J connectivity index is 1.57. The molecule has 1 fully saturated rings. The number of amides is 1. The highest BCUT2D eigenvalue weighted by Crippen LogP contribution is 2.25. The maximum absolute atomic E-state index is 12.4. The molecule has 2 unspecified atom stereocenters. The Labute approximate surface area is 146 Å². The summed E-state index contributed by atoms with van der Waals surface area (Å²) < 4.78 is 0. The Kier molecular flexibility index (Phi) is 5.58. The zero-order valence-electron chi connectivity index (χ0n) is 13.9. The summed E-state index contributed by atoms with van der Waals surface area (Å²) in [7, 11) is 1.82. The van der Waals surface area contributed by atoms with Crippen molar-refractivity contribution in [2.75, 3.05) is 13.6 Å². The maximum Gasteiger partial charge on any atom is 0.228 e. The second kappa shape index (κ2) is 7.85. The fourth-order valence-electron chi connectivity index (χ4n) is 3.14. The highest BCUT2D eigenvalue weighted by molar-refractivity contribution is 7.13. The van der Waals surface area contributed by atoms with Crippen LogP contribution in [0.25, 0.3) is 10.7 Å². The monoisotopic (exact) mass is 345 g/mol. The number of aliphatic hydroxyl groups excluding tert-OH is 1. The minimum atomic E-state index is -0.274. The number of thiazole rings is 1. The van der Waals surface area contributed by atoms with Crippen LogP contribution in [-0.4, -0.2) is 45.6 Å². The van der Waals surface area contributed by atoms with Gasteiger partial charge in [-0.1, -0.05) is 18.9 Å². The smallest absolute Gasteiger partial charge is 0.228 e. The van der Waals surface area contributed by atoms with Gasteiger partial charge < -0.3 is 10.0 Å². The summed E-state index contributed by atoms with van der Waals surface area (Å²) >= 11 is 1.51. The van der Waals surface area contributed by atoms with Crippen molar-refractivity contribution in [3.8, 4) is 10.7 Å². The van der Waals surface area contributed by atoms with Crippen molar-refractivity contribution in [1.82, 2.24) is 14.9 Å². The van der Waals surface area contributed by atoms with E-state index in [1.807, 2.05) is 30.6 Å². The lowest BCUT2D eigenvalue weighted by atomic mass is 9.86. The molecule has 1 saturated carbocycles. The van der Waals surface area contributed by atoms with E-state index in [9.17, 15) is 9.90 Å². The van der Waals surface area contributed by atoms with Crippen molar-refractivity contribution < 1.29 is 9.90 Å². The fraction of sp³-hybridized carbons (Fsp3) is 0.500. The number of rotatable bonds is 5. The first-order chi connectivity index (χ1) is 11.6. The lowest BCUT2D eigenvalue weighted by Crippen LogP contribution is -2.38. The number of hydrogen-bond donors (Lipinski definition) is 1. The summed E-state index contributed by atoms with van der Waals surface area (Å²) in [6, 6.07) is 5.72. The molecule has 128 valence electrons. The molecule has 1 N–H and O–H groups in total. The third kappa shape index (κ3) is 4.19. The van der Waals surface area contributed by atoms with Gasteiger partial charge in [-0.05, 0) is 25.0 Å². The lowest BCUT2D eigenvalue weighted by Gasteiger charge is -2.31. The number of carbonyl (C=O) groups excluding carboxylic acids is 1. The van der Waals surface area contributed by atoms with Crippen LogP contribution in [-0.2, 0) is 11.2 Å². The summed E-state index contributed by atoms with van der Waals surface area (Å²) in [4.78, 5) is 23.0. The molecule has 0 aromatic carbocycles. The van der Waals surface area contributed by atoms with Gasteiger partial charge in [0.1, 0.15) is 5.01 Å². The molecule has 1 aliphatic rings. The van der Waals surface area contributed by atoms with Crippen molar-refractivity contribution in [3.63, 3.8) is 0 Å². The van der Waals surface area contributed by atoms with Crippen molar-refractivity contribution in [2.24, 2.45) is 5.92 Å². The first kappa shape index (κ1) is 17.0. The van der Waals surface area contributed by atoms with Gasteiger partial charge in [0.05, 0.1) is 23.9 Å². The molecule has 1 aliphatic carbocycles. The van der Waals surface area contributed by atoms with E-state index in [0.29, 0.717) is 13.0 Å². The predicted molar refractivity (Wildman–Crippen MR) is 94.7 cm³/mol. The first-order valence-corrected chi connectivity index (χ1v) is 9.29.